The second kappa shape index (κ2) is 5.67. The first-order chi connectivity index (χ1) is 8.99. The Kier molecular flexibility index (Phi) is 4.17. The van der Waals surface area contributed by atoms with Crippen LogP contribution in [0, 0.1) is 11.6 Å². The van der Waals surface area contributed by atoms with Gasteiger partial charge in [0.2, 0.25) is 0 Å². The number of anilines is 1. The van der Waals surface area contributed by atoms with Gasteiger partial charge in [-0.25, -0.2) is 8.78 Å². The topological polar surface area (TPSA) is 29.1 Å². The summed E-state index contributed by atoms with van der Waals surface area (Å²) in [7, 11) is 0. The molecule has 0 unspecified atom stereocenters. The molecule has 0 heterocycles. The average molecular weight is 347 g/mol. The van der Waals surface area contributed by atoms with Crippen LogP contribution in [0.2, 0.25) is 5.02 Å². The van der Waals surface area contributed by atoms with Crippen molar-refractivity contribution >= 4 is 39.1 Å². The average Bonchev–Trinajstić information content (AvgIpc) is 2.33. The number of hydrogen-bond acceptors (Lipinski definition) is 1. The van der Waals surface area contributed by atoms with E-state index < -0.39 is 17.5 Å². The zero-order valence-corrected chi connectivity index (χ0v) is 11.7. The lowest BCUT2D eigenvalue weighted by Gasteiger charge is -2.08. The molecule has 2 nitrogen and oxygen atoms in total. The first-order valence-corrected chi connectivity index (χ1v) is 6.36. The van der Waals surface area contributed by atoms with E-state index >= 15 is 0 Å². The molecule has 2 rings (SSSR count). The predicted octanol–water partition coefficient (Wildman–Crippen LogP) is 4.63. The molecule has 2 aromatic rings. The number of nitrogens with one attached hydrogen (secondary N) is 1. The van der Waals surface area contributed by atoms with Crippen LogP contribution in [0.3, 0.4) is 0 Å². The molecular weight excluding hydrogens is 340 g/mol. The third kappa shape index (κ3) is 3.11. The molecule has 0 aliphatic heterocycles. The number of hydrogen-bond donors (Lipinski definition) is 1. The highest BCUT2D eigenvalue weighted by atomic mass is 79.9. The normalized spacial score (nSPS) is 10.3. The van der Waals surface area contributed by atoms with E-state index in [-0.39, 0.29) is 16.3 Å². The Hall–Kier alpha value is -1.46. The summed E-state index contributed by atoms with van der Waals surface area (Å²) in [4.78, 5) is 11.9. The molecule has 19 heavy (non-hydrogen) atoms. The summed E-state index contributed by atoms with van der Waals surface area (Å²) in [6.45, 7) is 0. The number of rotatable bonds is 2. The molecule has 2 aromatic carbocycles. The molecule has 0 aliphatic rings. The lowest BCUT2D eigenvalue weighted by Crippen LogP contribution is -2.14. The van der Waals surface area contributed by atoms with Crippen molar-refractivity contribution in [2.45, 2.75) is 0 Å². The Bertz CT molecular complexity index is 628. The van der Waals surface area contributed by atoms with Gasteiger partial charge in [-0.3, -0.25) is 4.79 Å². The first-order valence-electron chi connectivity index (χ1n) is 5.19. The highest BCUT2D eigenvalue weighted by Gasteiger charge is 2.15. The van der Waals surface area contributed by atoms with Gasteiger partial charge in [-0.2, -0.15) is 0 Å². The van der Waals surface area contributed by atoms with Gasteiger partial charge in [0.25, 0.3) is 5.91 Å². The highest BCUT2D eigenvalue weighted by Crippen LogP contribution is 2.23. The maximum absolute atomic E-state index is 13.6. The Labute approximate surface area is 121 Å². The van der Waals surface area contributed by atoms with Crippen LogP contribution in [0.1, 0.15) is 10.4 Å². The molecule has 0 radical (unpaired) electrons. The quantitative estimate of drug-likeness (QED) is 0.844. The molecule has 6 heteroatoms. The largest absolute Gasteiger partial charge is 0.322 e. The van der Waals surface area contributed by atoms with Crippen LogP contribution in [0.4, 0.5) is 14.5 Å². The third-order valence-corrected chi connectivity index (χ3v) is 3.33. The van der Waals surface area contributed by atoms with Gasteiger partial charge >= 0.3 is 0 Å². The molecule has 0 saturated heterocycles. The van der Waals surface area contributed by atoms with Crippen molar-refractivity contribution in [2.75, 3.05) is 5.32 Å². The molecule has 1 N–H and O–H groups in total. The van der Waals surface area contributed by atoms with Gasteiger partial charge in [-0.15, -0.1) is 0 Å². The van der Waals surface area contributed by atoms with E-state index in [9.17, 15) is 13.6 Å². The minimum Gasteiger partial charge on any atom is -0.322 e. The van der Waals surface area contributed by atoms with Crippen molar-refractivity contribution in [3.05, 3.63) is 63.1 Å². The van der Waals surface area contributed by atoms with Crippen LogP contribution >= 0.6 is 27.5 Å². The maximum Gasteiger partial charge on any atom is 0.259 e. The van der Waals surface area contributed by atoms with Crippen LogP contribution in [0.25, 0.3) is 0 Å². The molecule has 0 fully saturated rings. The van der Waals surface area contributed by atoms with E-state index in [1.54, 1.807) is 6.07 Å². The van der Waals surface area contributed by atoms with Crippen LogP contribution < -0.4 is 5.32 Å². The summed E-state index contributed by atoms with van der Waals surface area (Å²) >= 11 is 8.62. The zero-order valence-electron chi connectivity index (χ0n) is 9.38. The lowest BCUT2D eigenvalue weighted by molar-refractivity contribution is 0.102. The minimum atomic E-state index is -0.674. The Balaban J connectivity index is 2.28. The van der Waals surface area contributed by atoms with Gasteiger partial charge in [0.1, 0.15) is 11.6 Å². The molecule has 1 amide bonds. The Morgan fingerprint density at radius 1 is 1.16 bits per heavy atom. The SMILES string of the molecule is O=C(Nc1ccc(Cl)c(F)c1)c1c(F)cccc1Br. The van der Waals surface area contributed by atoms with Crippen molar-refractivity contribution in [3.8, 4) is 0 Å². The van der Waals surface area contributed by atoms with Gasteiger partial charge in [0.15, 0.2) is 0 Å². The number of amides is 1. The van der Waals surface area contributed by atoms with Gasteiger partial charge in [-0.1, -0.05) is 17.7 Å². The molecule has 0 saturated carbocycles. The zero-order chi connectivity index (χ0) is 14.0. The van der Waals surface area contributed by atoms with Crippen molar-refractivity contribution in [1.29, 1.82) is 0 Å². The summed E-state index contributed by atoms with van der Waals surface area (Å²) in [5.41, 5.74) is 0.0555. The Morgan fingerprint density at radius 3 is 2.53 bits per heavy atom. The van der Waals surface area contributed by atoms with Crippen LogP contribution in [0.15, 0.2) is 40.9 Å². The standard InChI is InChI=1S/C13H7BrClF2NO/c14-8-2-1-3-10(16)12(8)13(19)18-7-4-5-9(15)11(17)6-7/h1-6H,(H,18,19). The van der Waals surface area contributed by atoms with Crippen molar-refractivity contribution in [3.63, 3.8) is 0 Å². The lowest BCUT2D eigenvalue weighted by atomic mass is 10.2. The third-order valence-electron chi connectivity index (χ3n) is 2.37. The fourth-order valence-corrected chi connectivity index (χ4v) is 2.12. The molecule has 0 aliphatic carbocycles. The number of carbonyl (C=O) groups is 1. The predicted molar refractivity (Wildman–Crippen MR) is 73.5 cm³/mol. The molecule has 0 bridgehead atoms. The van der Waals surface area contributed by atoms with E-state index in [2.05, 4.69) is 21.2 Å². The van der Waals surface area contributed by atoms with E-state index in [0.29, 0.717) is 4.47 Å². The van der Waals surface area contributed by atoms with Crippen molar-refractivity contribution in [2.24, 2.45) is 0 Å². The van der Waals surface area contributed by atoms with Gasteiger partial charge in [-0.05, 0) is 46.3 Å². The van der Waals surface area contributed by atoms with Crippen LogP contribution in [-0.4, -0.2) is 5.91 Å². The molecule has 0 atom stereocenters. The van der Waals surface area contributed by atoms with E-state index in [1.807, 2.05) is 0 Å². The number of benzene rings is 2. The summed E-state index contributed by atoms with van der Waals surface area (Å²) in [6.07, 6.45) is 0. The minimum absolute atomic E-state index is 0.0509. The smallest absolute Gasteiger partial charge is 0.259 e. The maximum atomic E-state index is 13.6. The van der Waals surface area contributed by atoms with Gasteiger partial charge in [0.05, 0.1) is 10.6 Å². The van der Waals surface area contributed by atoms with Crippen LogP contribution in [0.5, 0.6) is 0 Å². The van der Waals surface area contributed by atoms with E-state index in [4.69, 9.17) is 11.6 Å². The van der Waals surface area contributed by atoms with Gasteiger partial charge in [0, 0.05) is 10.2 Å². The number of carbonyl (C=O) groups excluding carboxylic acids is 1. The van der Waals surface area contributed by atoms with Gasteiger partial charge < -0.3 is 5.32 Å². The first kappa shape index (κ1) is 14.0. The number of halogens is 4. The molecule has 98 valence electrons. The van der Waals surface area contributed by atoms with Crippen molar-refractivity contribution in [1.82, 2.24) is 0 Å². The summed E-state index contributed by atoms with van der Waals surface area (Å²) < 4.78 is 27.1. The molecular formula is C13H7BrClF2NO. The molecule has 0 aromatic heterocycles. The van der Waals surface area contributed by atoms with E-state index in [0.717, 1.165) is 6.07 Å². The summed E-state index contributed by atoms with van der Waals surface area (Å²) in [5.74, 6) is -2.00. The molecule has 0 spiro atoms. The second-order valence-electron chi connectivity index (χ2n) is 3.68. The Morgan fingerprint density at radius 2 is 1.89 bits per heavy atom. The second-order valence-corrected chi connectivity index (χ2v) is 4.94. The fraction of sp³-hybridized carbons (Fsp3) is 0. The monoisotopic (exact) mass is 345 g/mol. The fourth-order valence-electron chi connectivity index (χ4n) is 1.48. The van der Waals surface area contributed by atoms with E-state index in [1.165, 1.54) is 24.3 Å². The summed E-state index contributed by atoms with van der Waals surface area (Å²) in [5, 5.41) is 2.35. The highest BCUT2D eigenvalue weighted by molar-refractivity contribution is 9.10. The summed E-state index contributed by atoms with van der Waals surface area (Å²) in [6, 6.07) is 7.98. The van der Waals surface area contributed by atoms with Crippen LogP contribution in [-0.2, 0) is 0 Å². The van der Waals surface area contributed by atoms with Crippen molar-refractivity contribution < 1.29 is 13.6 Å².